The van der Waals surface area contributed by atoms with E-state index in [-0.39, 0.29) is 17.2 Å². The van der Waals surface area contributed by atoms with E-state index in [0.717, 1.165) is 56.9 Å². The van der Waals surface area contributed by atoms with Gasteiger partial charge in [-0.3, -0.25) is 14.5 Å². The fourth-order valence-corrected chi connectivity index (χ4v) is 5.13. The Morgan fingerprint density at radius 3 is 2.71 bits per heavy atom. The maximum absolute atomic E-state index is 12.5. The number of pyridine rings is 1. The molecule has 2 amide bonds. The van der Waals surface area contributed by atoms with Crippen LogP contribution in [0.5, 0.6) is 0 Å². The molecular weight excluding hydrogens is 390 g/mol. The smallest absolute Gasteiger partial charge is 0.269 e. The molecule has 7 heteroatoms. The van der Waals surface area contributed by atoms with Gasteiger partial charge < -0.3 is 15.5 Å². The third kappa shape index (κ3) is 3.47. The van der Waals surface area contributed by atoms with Gasteiger partial charge >= 0.3 is 0 Å². The lowest BCUT2D eigenvalue weighted by atomic mass is 9.90. The van der Waals surface area contributed by atoms with Crippen molar-refractivity contribution in [2.75, 3.05) is 43.4 Å². The summed E-state index contributed by atoms with van der Waals surface area (Å²) >= 11 is 0. The predicted octanol–water partition coefficient (Wildman–Crippen LogP) is 2.60. The van der Waals surface area contributed by atoms with Crippen LogP contribution in [0.4, 0.5) is 11.4 Å². The third-order valence-corrected chi connectivity index (χ3v) is 7.25. The first-order valence-corrected chi connectivity index (χ1v) is 11.1. The quantitative estimate of drug-likeness (QED) is 0.779. The lowest BCUT2D eigenvalue weighted by Crippen LogP contribution is -2.46. The van der Waals surface area contributed by atoms with E-state index in [1.54, 1.807) is 19.3 Å². The summed E-state index contributed by atoms with van der Waals surface area (Å²) in [6.07, 6.45) is 3.68. The Balaban J connectivity index is 1.19. The van der Waals surface area contributed by atoms with E-state index in [0.29, 0.717) is 11.6 Å². The largest absolute Gasteiger partial charge is 0.368 e. The minimum Gasteiger partial charge on any atom is -0.368 e. The number of nitrogens with one attached hydrogen (secondary N) is 2. The Labute approximate surface area is 182 Å². The summed E-state index contributed by atoms with van der Waals surface area (Å²) in [5.41, 5.74) is 4.91. The molecule has 7 nitrogen and oxygen atoms in total. The van der Waals surface area contributed by atoms with E-state index in [2.05, 4.69) is 50.5 Å². The fourth-order valence-electron chi connectivity index (χ4n) is 5.13. The highest BCUT2D eigenvalue weighted by molar-refractivity contribution is 6.02. The molecule has 0 unspecified atom stereocenters. The highest BCUT2D eigenvalue weighted by Gasteiger charge is 2.61. The number of carbonyl (C=O) groups is 2. The molecule has 2 fully saturated rings. The Morgan fingerprint density at radius 1 is 1.23 bits per heavy atom. The van der Waals surface area contributed by atoms with E-state index >= 15 is 0 Å². The zero-order valence-corrected chi connectivity index (χ0v) is 18.1. The number of carbonyl (C=O) groups excluding carboxylic acids is 2. The molecule has 3 heterocycles. The van der Waals surface area contributed by atoms with Crippen molar-refractivity contribution >= 4 is 23.2 Å². The number of nitrogens with zero attached hydrogens (tertiary/aromatic N) is 3. The van der Waals surface area contributed by atoms with Gasteiger partial charge in [-0.05, 0) is 42.2 Å². The standard InChI is InChI=1S/C24H29N5O2/c1-3-24-13-19(24)18-6-4-16(12-21(18)27-23(24)31)15-28-8-10-29(11-9-28)17-5-7-20(26-14-17)22(30)25-2/h4-7,12,14,19H,3,8-11,13,15H2,1-2H3,(H,25,30)(H,27,31)/t19-,24-/m0/s1. The van der Waals surface area contributed by atoms with E-state index < -0.39 is 0 Å². The molecule has 0 bridgehead atoms. The van der Waals surface area contributed by atoms with Gasteiger partial charge in [-0.2, -0.15) is 0 Å². The van der Waals surface area contributed by atoms with Crippen molar-refractivity contribution in [1.29, 1.82) is 0 Å². The van der Waals surface area contributed by atoms with Gasteiger partial charge in [-0.25, -0.2) is 4.98 Å². The fraction of sp³-hybridized carbons (Fsp3) is 0.458. The van der Waals surface area contributed by atoms with Gasteiger partial charge in [0.05, 0.1) is 17.3 Å². The molecule has 2 aromatic rings. The van der Waals surface area contributed by atoms with Crippen LogP contribution in [0.3, 0.4) is 0 Å². The Bertz CT molecular complexity index is 1010. The van der Waals surface area contributed by atoms with Crippen molar-refractivity contribution in [1.82, 2.24) is 15.2 Å². The number of anilines is 2. The molecule has 1 aromatic heterocycles. The number of amides is 2. The first-order chi connectivity index (χ1) is 15.0. The van der Waals surface area contributed by atoms with Crippen LogP contribution in [0, 0.1) is 5.41 Å². The van der Waals surface area contributed by atoms with Gasteiger partial charge in [0, 0.05) is 51.4 Å². The molecule has 1 aromatic carbocycles. The zero-order chi connectivity index (χ0) is 21.6. The van der Waals surface area contributed by atoms with Gasteiger partial charge in [0.2, 0.25) is 5.91 Å². The highest BCUT2D eigenvalue weighted by Crippen LogP contribution is 2.65. The lowest BCUT2D eigenvalue weighted by molar-refractivity contribution is -0.121. The molecule has 5 rings (SSSR count). The van der Waals surface area contributed by atoms with Crippen molar-refractivity contribution < 1.29 is 9.59 Å². The molecule has 2 N–H and O–H groups in total. The summed E-state index contributed by atoms with van der Waals surface area (Å²) < 4.78 is 0. The average molecular weight is 420 g/mol. The Hall–Kier alpha value is -2.93. The van der Waals surface area contributed by atoms with Crippen LogP contribution in [0.1, 0.15) is 47.3 Å². The summed E-state index contributed by atoms with van der Waals surface area (Å²) in [6, 6.07) is 10.4. The van der Waals surface area contributed by atoms with E-state index in [1.165, 1.54) is 11.1 Å². The van der Waals surface area contributed by atoms with E-state index in [4.69, 9.17) is 0 Å². The average Bonchev–Trinajstić information content (AvgIpc) is 3.56. The molecule has 1 saturated heterocycles. The van der Waals surface area contributed by atoms with Crippen LogP contribution < -0.4 is 15.5 Å². The Kier molecular flexibility index (Phi) is 4.93. The number of hydrogen-bond donors (Lipinski definition) is 2. The van der Waals surface area contributed by atoms with E-state index in [9.17, 15) is 9.59 Å². The number of fused-ring (bicyclic) bond motifs is 3. The van der Waals surface area contributed by atoms with Crippen molar-refractivity contribution in [2.24, 2.45) is 5.41 Å². The molecule has 2 aliphatic heterocycles. The third-order valence-electron chi connectivity index (χ3n) is 7.25. The van der Waals surface area contributed by atoms with Gasteiger partial charge in [0.15, 0.2) is 0 Å². The van der Waals surface area contributed by atoms with Crippen molar-refractivity contribution in [3.8, 4) is 0 Å². The summed E-state index contributed by atoms with van der Waals surface area (Å²) in [7, 11) is 1.61. The second kappa shape index (κ2) is 7.64. The minimum absolute atomic E-state index is 0.141. The van der Waals surface area contributed by atoms with Crippen LogP contribution in [0.15, 0.2) is 36.5 Å². The summed E-state index contributed by atoms with van der Waals surface area (Å²) in [5.74, 6) is 0.441. The molecule has 1 saturated carbocycles. The summed E-state index contributed by atoms with van der Waals surface area (Å²) in [6.45, 7) is 6.76. The molecule has 31 heavy (non-hydrogen) atoms. The first kappa shape index (κ1) is 20.0. The molecule has 0 radical (unpaired) electrons. The number of rotatable bonds is 5. The van der Waals surface area contributed by atoms with E-state index in [1.807, 2.05) is 6.07 Å². The molecule has 2 atom stereocenters. The number of aromatic nitrogens is 1. The minimum atomic E-state index is -0.167. The predicted molar refractivity (Wildman–Crippen MR) is 120 cm³/mol. The molecule has 0 spiro atoms. The number of hydrogen-bond acceptors (Lipinski definition) is 5. The lowest BCUT2D eigenvalue weighted by Gasteiger charge is -2.36. The van der Waals surface area contributed by atoms with Crippen LogP contribution in [0.2, 0.25) is 0 Å². The maximum atomic E-state index is 12.5. The van der Waals surface area contributed by atoms with Crippen LogP contribution >= 0.6 is 0 Å². The molecule has 1 aliphatic carbocycles. The molecule has 162 valence electrons. The van der Waals surface area contributed by atoms with Crippen LogP contribution in [-0.2, 0) is 11.3 Å². The summed E-state index contributed by atoms with van der Waals surface area (Å²) in [4.78, 5) is 33.2. The summed E-state index contributed by atoms with van der Waals surface area (Å²) in [5, 5.41) is 5.76. The van der Waals surface area contributed by atoms with Gasteiger partial charge in [0.1, 0.15) is 5.69 Å². The molecule has 3 aliphatic rings. The van der Waals surface area contributed by atoms with Gasteiger partial charge in [0.25, 0.3) is 5.91 Å². The first-order valence-electron chi connectivity index (χ1n) is 11.1. The molecular formula is C24H29N5O2. The Morgan fingerprint density at radius 2 is 2.03 bits per heavy atom. The second-order valence-corrected chi connectivity index (χ2v) is 8.89. The SMILES string of the molecule is CC[C@]12C[C@H]1c1ccc(CN3CCN(c4ccc(C(=O)NC)nc4)CC3)cc1NC2=O. The van der Waals surface area contributed by atoms with Gasteiger partial charge in [-0.1, -0.05) is 19.1 Å². The van der Waals surface area contributed by atoms with Crippen LogP contribution in [0.25, 0.3) is 0 Å². The highest BCUT2D eigenvalue weighted by atomic mass is 16.2. The van der Waals surface area contributed by atoms with Gasteiger partial charge in [-0.15, -0.1) is 0 Å². The van der Waals surface area contributed by atoms with Crippen molar-refractivity contribution in [3.05, 3.63) is 53.3 Å². The number of piperazine rings is 1. The number of benzene rings is 1. The normalized spacial score (nSPS) is 24.8. The monoisotopic (exact) mass is 419 g/mol. The van der Waals surface area contributed by atoms with Crippen molar-refractivity contribution in [3.63, 3.8) is 0 Å². The van der Waals surface area contributed by atoms with Crippen molar-refractivity contribution in [2.45, 2.75) is 32.2 Å². The maximum Gasteiger partial charge on any atom is 0.269 e. The zero-order valence-electron chi connectivity index (χ0n) is 18.1. The van der Waals surface area contributed by atoms with Crippen LogP contribution in [-0.4, -0.2) is 54.9 Å². The topological polar surface area (TPSA) is 77.6 Å². The second-order valence-electron chi connectivity index (χ2n) is 8.89.